The second-order valence-electron chi connectivity index (χ2n) is 4.34. The minimum atomic E-state index is 0.386. The van der Waals surface area contributed by atoms with E-state index in [1.807, 2.05) is 30.3 Å². The molecule has 0 unspecified atom stereocenters. The molecule has 0 aliphatic rings. The van der Waals surface area contributed by atoms with Gasteiger partial charge in [0.15, 0.2) is 11.5 Å². The molecule has 0 aliphatic carbocycles. The zero-order valence-corrected chi connectivity index (χ0v) is 12.4. The van der Waals surface area contributed by atoms with Crippen LogP contribution in [-0.4, -0.2) is 21.3 Å². The number of hydrogen-bond donors (Lipinski definition) is 1. The van der Waals surface area contributed by atoms with Gasteiger partial charge < -0.3 is 24.7 Å². The van der Waals surface area contributed by atoms with E-state index in [-0.39, 0.29) is 0 Å². The number of ether oxygens (including phenoxy) is 4. The highest BCUT2D eigenvalue weighted by Gasteiger charge is 2.20. The highest BCUT2D eigenvalue weighted by molar-refractivity contribution is 5.71. The lowest BCUT2D eigenvalue weighted by Crippen LogP contribution is -2.04. The van der Waals surface area contributed by atoms with E-state index >= 15 is 0 Å². The van der Waals surface area contributed by atoms with Gasteiger partial charge in [-0.1, -0.05) is 30.3 Å². The number of nitrogens with two attached hydrogens (primary N) is 1. The summed E-state index contributed by atoms with van der Waals surface area (Å²) in [6.07, 6.45) is 0. The molecule has 0 radical (unpaired) electrons. The molecule has 21 heavy (non-hydrogen) atoms. The molecule has 0 fully saturated rings. The Kier molecular flexibility index (Phi) is 4.77. The molecule has 0 atom stereocenters. The summed E-state index contributed by atoms with van der Waals surface area (Å²) in [7, 11) is 4.62. The Bertz CT molecular complexity index is 599. The number of methoxy groups -OCH3 is 3. The van der Waals surface area contributed by atoms with Crippen LogP contribution >= 0.6 is 0 Å². The molecule has 0 aliphatic heterocycles. The van der Waals surface area contributed by atoms with Crippen molar-refractivity contribution in [3.05, 3.63) is 42.0 Å². The van der Waals surface area contributed by atoms with Crippen molar-refractivity contribution in [3.8, 4) is 23.0 Å². The van der Waals surface area contributed by atoms with Gasteiger partial charge >= 0.3 is 0 Å². The smallest absolute Gasteiger partial charge is 0.209 e. The molecule has 2 aromatic rings. The lowest BCUT2D eigenvalue weighted by Gasteiger charge is -2.18. The van der Waals surface area contributed by atoms with E-state index in [2.05, 4.69) is 0 Å². The maximum Gasteiger partial charge on any atom is 0.209 e. The van der Waals surface area contributed by atoms with Crippen molar-refractivity contribution in [2.45, 2.75) is 6.61 Å². The highest BCUT2D eigenvalue weighted by Crippen LogP contribution is 2.48. The quantitative estimate of drug-likeness (QED) is 0.828. The standard InChI is InChI=1S/C16H19NO4/c1-18-13-9-12(17)14(16(20-3)15(13)19-2)21-10-11-7-5-4-6-8-11/h4-9H,10,17H2,1-3H3. The fourth-order valence-electron chi connectivity index (χ4n) is 2.03. The van der Waals surface area contributed by atoms with Gasteiger partial charge in [-0.25, -0.2) is 0 Å². The van der Waals surface area contributed by atoms with Crippen LogP contribution in [0.2, 0.25) is 0 Å². The number of benzene rings is 2. The van der Waals surface area contributed by atoms with Crippen LogP contribution in [0.3, 0.4) is 0 Å². The Morgan fingerprint density at radius 3 is 2.10 bits per heavy atom. The molecule has 112 valence electrons. The average Bonchev–Trinajstić information content (AvgIpc) is 2.53. The first kappa shape index (κ1) is 14.8. The zero-order chi connectivity index (χ0) is 15.2. The number of nitrogen functional groups attached to an aromatic ring is 1. The van der Waals surface area contributed by atoms with E-state index in [1.54, 1.807) is 13.2 Å². The Balaban J connectivity index is 2.34. The maximum atomic E-state index is 6.02. The highest BCUT2D eigenvalue weighted by atomic mass is 16.5. The van der Waals surface area contributed by atoms with Crippen molar-refractivity contribution in [2.24, 2.45) is 0 Å². The molecule has 0 heterocycles. The van der Waals surface area contributed by atoms with Gasteiger partial charge in [-0.2, -0.15) is 0 Å². The maximum absolute atomic E-state index is 6.02. The van der Waals surface area contributed by atoms with Crippen LogP contribution in [0, 0.1) is 0 Å². The summed E-state index contributed by atoms with van der Waals surface area (Å²) in [5.41, 5.74) is 7.49. The lowest BCUT2D eigenvalue weighted by atomic mass is 10.2. The summed E-state index contributed by atoms with van der Waals surface area (Å²) in [6.45, 7) is 0.386. The summed E-state index contributed by atoms with van der Waals surface area (Å²) in [5.74, 6) is 1.82. The monoisotopic (exact) mass is 289 g/mol. The Morgan fingerprint density at radius 2 is 1.52 bits per heavy atom. The summed E-state index contributed by atoms with van der Waals surface area (Å²) >= 11 is 0. The minimum Gasteiger partial charge on any atom is -0.493 e. The predicted molar refractivity (Wildman–Crippen MR) is 81.3 cm³/mol. The van der Waals surface area contributed by atoms with Crippen LogP contribution in [0.25, 0.3) is 0 Å². The van der Waals surface area contributed by atoms with Crippen molar-refractivity contribution in [1.82, 2.24) is 0 Å². The van der Waals surface area contributed by atoms with Crippen LogP contribution in [0.5, 0.6) is 23.0 Å². The van der Waals surface area contributed by atoms with Gasteiger partial charge in [-0.15, -0.1) is 0 Å². The summed E-state index contributed by atoms with van der Waals surface area (Å²) < 4.78 is 21.7. The third-order valence-electron chi connectivity index (χ3n) is 3.04. The number of rotatable bonds is 6. The first-order valence-corrected chi connectivity index (χ1v) is 6.46. The molecule has 0 aromatic heterocycles. The van der Waals surface area contributed by atoms with Crippen molar-refractivity contribution >= 4 is 5.69 Å². The van der Waals surface area contributed by atoms with Crippen LogP contribution < -0.4 is 24.7 Å². The van der Waals surface area contributed by atoms with E-state index in [9.17, 15) is 0 Å². The summed E-state index contributed by atoms with van der Waals surface area (Å²) in [5, 5.41) is 0. The molecule has 0 saturated heterocycles. The first-order valence-electron chi connectivity index (χ1n) is 6.46. The second kappa shape index (κ2) is 6.74. The van der Waals surface area contributed by atoms with Crippen molar-refractivity contribution in [3.63, 3.8) is 0 Å². The Hall–Kier alpha value is -2.56. The summed E-state index contributed by atoms with van der Waals surface area (Å²) in [6, 6.07) is 11.5. The van der Waals surface area contributed by atoms with Crippen molar-refractivity contribution in [1.29, 1.82) is 0 Å². The van der Waals surface area contributed by atoms with Crippen LogP contribution in [-0.2, 0) is 6.61 Å². The van der Waals surface area contributed by atoms with Gasteiger partial charge in [0.1, 0.15) is 6.61 Å². The van der Waals surface area contributed by atoms with Gasteiger partial charge in [-0.3, -0.25) is 0 Å². The van der Waals surface area contributed by atoms with Gasteiger partial charge in [0.25, 0.3) is 0 Å². The third-order valence-corrected chi connectivity index (χ3v) is 3.04. The third kappa shape index (κ3) is 3.13. The molecule has 2 N–H and O–H groups in total. The minimum absolute atomic E-state index is 0.386. The second-order valence-corrected chi connectivity index (χ2v) is 4.34. The van der Waals surface area contributed by atoms with Gasteiger partial charge in [0.2, 0.25) is 11.5 Å². The molecule has 0 spiro atoms. The van der Waals surface area contributed by atoms with Crippen molar-refractivity contribution in [2.75, 3.05) is 27.1 Å². The molecule has 2 aromatic carbocycles. The van der Waals surface area contributed by atoms with E-state index in [4.69, 9.17) is 24.7 Å². The van der Waals surface area contributed by atoms with E-state index in [0.29, 0.717) is 35.3 Å². The SMILES string of the molecule is COc1cc(N)c(OCc2ccccc2)c(OC)c1OC. The Morgan fingerprint density at radius 1 is 0.857 bits per heavy atom. The van der Waals surface area contributed by atoms with E-state index in [1.165, 1.54) is 14.2 Å². The number of hydrogen-bond acceptors (Lipinski definition) is 5. The molecule has 2 rings (SSSR count). The van der Waals surface area contributed by atoms with Gasteiger partial charge in [-0.05, 0) is 5.56 Å². The average molecular weight is 289 g/mol. The first-order chi connectivity index (χ1) is 10.2. The van der Waals surface area contributed by atoms with Gasteiger partial charge in [0.05, 0.1) is 27.0 Å². The van der Waals surface area contributed by atoms with Crippen LogP contribution in [0.1, 0.15) is 5.56 Å². The fraction of sp³-hybridized carbons (Fsp3) is 0.250. The van der Waals surface area contributed by atoms with E-state index < -0.39 is 0 Å². The van der Waals surface area contributed by atoms with Crippen LogP contribution in [0.15, 0.2) is 36.4 Å². The van der Waals surface area contributed by atoms with E-state index in [0.717, 1.165) is 5.56 Å². The molecule has 5 heteroatoms. The normalized spacial score (nSPS) is 10.0. The molecule has 0 bridgehead atoms. The van der Waals surface area contributed by atoms with Crippen LogP contribution in [0.4, 0.5) is 5.69 Å². The molecule has 0 amide bonds. The molecule has 5 nitrogen and oxygen atoms in total. The fourth-order valence-corrected chi connectivity index (χ4v) is 2.03. The topological polar surface area (TPSA) is 62.9 Å². The summed E-state index contributed by atoms with van der Waals surface area (Å²) in [4.78, 5) is 0. The Labute approximate surface area is 124 Å². The molecular formula is C16H19NO4. The molecule has 0 saturated carbocycles. The largest absolute Gasteiger partial charge is 0.493 e. The lowest BCUT2D eigenvalue weighted by molar-refractivity contribution is 0.271. The predicted octanol–water partition coefficient (Wildman–Crippen LogP) is 2.87. The van der Waals surface area contributed by atoms with Crippen molar-refractivity contribution < 1.29 is 18.9 Å². The molecular weight excluding hydrogens is 270 g/mol. The zero-order valence-electron chi connectivity index (χ0n) is 12.4. The number of anilines is 1. The van der Waals surface area contributed by atoms with Gasteiger partial charge in [0, 0.05) is 6.07 Å².